The van der Waals surface area contributed by atoms with Gasteiger partial charge in [0.05, 0.1) is 5.02 Å². The molecule has 4 aromatic rings. The van der Waals surface area contributed by atoms with Crippen molar-refractivity contribution in [3.8, 4) is 16.3 Å². The number of aromatic nitrogens is 3. The maximum absolute atomic E-state index is 13.3. The largest absolute Gasteiger partial charge is 0.482 e. The molecule has 3 heterocycles. The van der Waals surface area contributed by atoms with Crippen LogP contribution in [-0.4, -0.2) is 58.5 Å². The van der Waals surface area contributed by atoms with Gasteiger partial charge in [-0.25, -0.2) is 14.4 Å². The summed E-state index contributed by atoms with van der Waals surface area (Å²) in [6.07, 6.45) is 0. The number of carbonyl (C=O) groups is 1. The molecular formula is C23H19Cl2FN6O2S. The van der Waals surface area contributed by atoms with Gasteiger partial charge in [0.25, 0.3) is 5.91 Å². The number of hydrogen-bond donors (Lipinski definition) is 1. The van der Waals surface area contributed by atoms with Crippen LogP contribution < -0.4 is 15.4 Å². The smallest absolute Gasteiger partial charge is 0.260 e. The first-order valence-electron chi connectivity index (χ1n) is 10.7. The molecule has 0 unspecified atom stereocenters. The molecule has 1 saturated heterocycles. The van der Waals surface area contributed by atoms with Crippen molar-refractivity contribution in [3.05, 3.63) is 58.3 Å². The van der Waals surface area contributed by atoms with Gasteiger partial charge in [-0.15, -0.1) is 0 Å². The van der Waals surface area contributed by atoms with Gasteiger partial charge in [0.15, 0.2) is 17.3 Å². The summed E-state index contributed by atoms with van der Waals surface area (Å²) in [5, 5.41) is 1.55. The van der Waals surface area contributed by atoms with Gasteiger partial charge in [0, 0.05) is 36.8 Å². The number of carbonyl (C=O) groups excluding carboxylic acids is 1. The fourth-order valence-corrected chi connectivity index (χ4v) is 5.16. The predicted molar refractivity (Wildman–Crippen MR) is 136 cm³/mol. The Morgan fingerprint density at radius 3 is 2.51 bits per heavy atom. The van der Waals surface area contributed by atoms with E-state index in [1.54, 1.807) is 35.2 Å². The zero-order valence-electron chi connectivity index (χ0n) is 18.2. The number of ether oxygens (including phenoxy) is 1. The van der Waals surface area contributed by atoms with Crippen LogP contribution in [0.5, 0.6) is 5.75 Å². The number of nitrogens with two attached hydrogens (primary N) is 1. The van der Waals surface area contributed by atoms with Crippen LogP contribution in [0.25, 0.3) is 20.9 Å². The first kappa shape index (κ1) is 23.5. The van der Waals surface area contributed by atoms with Crippen LogP contribution in [0, 0.1) is 5.82 Å². The summed E-state index contributed by atoms with van der Waals surface area (Å²) in [4.78, 5) is 30.6. The van der Waals surface area contributed by atoms with E-state index in [4.69, 9.17) is 38.7 Å². The summed E-state index contributed by atoms with van der Waals surface area (Å²) in [5.74, 6) is 0.716. The van der Waals surface area contributed by atoms with Crippen LogP contribution in [0.4, 0.5) is 16.2 Å². The Kier molecular flexibility index (Phi) is 6.59. The summed E-state index contributed by atoms with van der Waals surface area (Å²) >= 11 is 13.4. The topological polar surface area (TPSA) is 97.5 Å². The van der Waals surface area contributed by atoms with Crippen LogP contribution in [0.2, 0.25) is 10.0 Å². The molecule has 2 aromatic carbocycles. The standard InChI is InChI=1S/C23H19Cl2FN6O2S/c24-14-3-6-17(16(25)11-14)34-12-18(33)31-7-9-32(10-8-31)20-19-22(30-23(27)29-20)35-21(28-19)13-1-4-15(26)5-2-13/h1-6,11H,7-10,12H2,(H2,27,29,30). The summed E-state index contributed by atoms with van der Waals surface area (Å²) < 4.78 is 18.9. The number of halogens is 3. The quantitative estimate of drug-likeness (QED) is 0.403. The van der Waals surface area contributed by atoms with Crippen LogP contribution >= 0.6 is 34.5 Å². The molecule has 1 aliphatic rings. The number of benzene rings is 2. The molecule has 35 heavy (non-hydrogen) atoms. The van der Waals surface area contributed by atoms with Crippen molar-refractivity contribution in [2.45, 2.75) is 0 Å². The molecule has 0 saturated carbocycles. The minimum atomic E-state index is -0.311. The van der Waals surface area contributed by atoms with Gasteiger partial charge in [-0.3, -0.25) is 4.79 Å². The first-order valence-corrected chi connectivity index (χ1v) is 12.2. The molecule has 0 atom stereocenters. The van der Waals surface area contributed by atoms with Crippen molar-refractivity contribution in [2.75, 3.05) is 43.4 Å². The zero-order chi connectivity index (χ0) is 24.5. The Balaban J connectivity index is 1.28. The van der Waals surface area contributed by atoms with Crippen molar-refractivity contribution in [3.63, 3.8) is 0 Å². The van der Waals surface area contributed by atoms with Crippen LogP contribution in [0.3, 0.4) is 0 Å². The van der Waals surface area contributed by atoms with Crippen molar-refractivity contribution in [2.24, 2.45) is 0 Å². The second kappa shape index (κ2) is 9.80. The molecule has 180 valence electrons. The molecule has 0 bridgehead atoms. The lowest BCUT2D eigenvalue weighted by molar-refractivity contribution is -0.133. The number of hydrogen-bond acceptors (Lipinski definition) is 8. The van der Waals surface area contributed by atoms with Gasteiger partial charge in [-0.2, -0.15) is 4.98 Å². The third kappa shape index (κ3) is 5.09. The highest BCUT2D eigenvalue weighted by molar-refractivity contribution is 7.21. The minimum Gasteiger partial charge on any atom is -0.482 e. The molecule has 8 nitrogen and oxygen atoms in total. The molecule has 0 aliphatic carbocycles. The van der Waals surface area contributed by atoms with Gasteiger partial charge >= 0.3 is 0 Å². The molecule has 1 amide bonds. The molecule has 0 radical (unpaired) electrons. The number of fused-ring (bicyclic) bond motifs is 1. The summed E-state index contributed by atoms with van der Waals surface area (Å²) in [6.45, 7) is 1.93. The van der Waals surface area contributed by atoms with Crippen molar-refractivity contribution in [1.82, 2.24) is 19.9 Å². The summed E-state index contributed by atoms with van der Waals surface area (Å²) in [5.41, 5.74) is 7.39. The van der Waals surface area contributed by atoms with E-state index in [0.29, 0.717) is 63.1 Å². The highest BCUT2D eigenvalue weighted by Gasteiger charge is 2.25. The monoisotopic (exact) mass is 532 g/mol. The van der Waals surface area contributed by atoms with Crippen LogP contribution in [-0.2, 0) is 4.79 Å². The van der Waals surface area contributed by atoms with E-state index in [1.165, 1.54) is 23.5 Å². The van der Waals surface area contributed by atoms with Crippen molar-refractivity contribution in [1.29, 1.82) is 0 Å². The molecule has 12 heteroatoms. The fraction of sp³-hybridized carbons (Fsp3) is 0.217. The van der Waals surface area contributed by atoms with Gasteiger partial charge in [-0.1, -0.05) is 34.5 Å². The Morgan fingerprint density at radius 1 is 1.06 bits per heavy atom. The predicted octanol–water partition coefficient (Wildman–Crippen LogP) is 4.51. The number of nitrogen functional groups attached to an aromatic ring is 1. The lowest BCUT2D eigenvalue weighted by Crippen LogP contribution is -2.50. The summed E-state index contributed by atoms with van der Waals surface area (Å²) in [7, 11) is 0. The lowest BCUT2D eigenvalue weighted by Gasteiger charge is -2.35. The van der Waals surface area contributed by atoms with E-state index < -0.39 is 0 Å². The molecule has 2 aromatic heterocycles. The maximum atomic E-state index is 13.3. The van der Waals surface area contributed by atoms with Gasteiger partial charge in [0.2, 0.25) is 5.95 Å². The van der Waals surface area contributed by atoms with E-state index in [-0.39, 0.29) is 24.3 Å². The normalized spacial score (nSPS) is 13.9. The molecular weight excluding hydrogens is 514 g/mol. The third-order valence-corrected chi connectivity index (χ3v) is 7.05. The Hall–Kier alpha value is -3.21. The van der Waals surface area contributed by atoms with Crippen molar-refractivity contribution < 1.29 is 13.9 Å². The average Bonchev–Trinajstić information content (AvgIpc) is 3.27. The SMILES string of the molecule is Nc1nc(N2CCN(C(=O)COc3ccc(Cl)cc3Cl)CC2)c2nc(-c3ccc(F)cc3)sc2n1. The van der Waals surface area contributed by atoms with Gasteiger partial charge < -0.3 is 20.3 Å². The van der Waals surface area contributed by atoms with E-state index >= 15 is 0 Å². The number of amides is 1. The van der Waals surface area contributed by atoms with E-state index in [1.807, 2.05) is 4.90 Å². The zero-order valence-corrected chi connectivity index (χ0v) is 20.6. The fourth-order valence-electron chi connectivity index (χ4n) is 3.75. The average molecular weight is 533 g/mol. The van der Waals surface area contributed by atoms with Gasteiger partial charge in [0.1, 0.15) is 22.1 Å². The summed E-state index contributed by atoms with van der Waals surface area (Å²) in [6, 6.07) is 11.0. The van der Waals surface area contributed by atoms with Gasteiger partial charge in [-0.05, 0) is 42.5 Å². The Morgan fingerprint density at radius 2 is 1.80 bits per heavy atom. The molecule has 1 fully saturated rings. The Bertz CT molecular complexity index is 1390. The molecule has 1 aliphatic heterocycles. The van der Waals surface area contributed by atoms with E-state index in [0.717, 1.165) is 5.56 Å². The lowest BCUT2D eigenvalue weighted by atomic mass is 10.2. The molecule has 0 spiro atoms. The van der Waals surface area contributed by atoms with Crippen molar-refractivity contribution >= 4 is 62.6 Å². The Labute approximate surface area is 214 Å². The number of piperazine rings is 1. The van der Waals surface area contributed by atoms with Crippen LogP contribution in [0.1, 0.15) is 0 Å². The number of rotatable bonds is 5. The first-order chi connectivity index (χ1) is 16.9. The molecule has 2 N–H and O–H groups in total. The number of nitrogens with zero attached hydrogens (tertiary/aromatic N) is 5. The van der Waals surface area contributed by atoms with E-state index in [2.05, 4.69) is 9.97 Å². The second-order valence-electron chi connectivity index (χ2n) is 7.82. The number of anilines is 2. The minimum absolute atomic E-state index is 0.126. The highest BCUT2D eigenvalue weighted by atomic mass is 35.5. The van der Waals surface area contributed by atoms with Crippen LogP contribution in [0.15, 0.2) is 42.5 Å². The number of thiazole rings is 1. The van der Waals surface area contributed by atoms with E-state index in [9.17, 15) is 9.18 Å². The maximum Gasteiger partial charge on any atom is 0.260 e. The second-order valence-corrected chi connectivity index (χ2v) is 9.64. The highest BCUT2D eigenvalue weighted by Crippen LogP contribution is 2.34. The third-order valence-electron chi connectivity index (χ3n) is 5.53. The molecule has 5 rings (SSSR count).